The third kappa shape index (κ3) is 1.82. The van der Waals surface area contributed by atoms with Gasteiger partial charge in [0.05, 0.1) is 0 Å². The molecular formula is C12H14ClNO2. The summed E-state index contributed by atoms with van der Waals surface area (Å²) in [7, 11) is 0. The van der Waals surface area contributed by atoms with Crippen LogP contribution in [0.25, 0.3) is 11.0 Å². The van der Waals surface area contributed by atoms with E-state index < -0.39 is 5.60 Å². The van der Waals surface area contributed by atoms with Gasteiger partial charge >= 0.3 is 0 Å². The number of hydrogen-bond acceptors (Lipinski definition) is 3. The van der Waals surface area contributed by atoms with Crippen LogP contribution in [0.3, 0.4) is 0 Å². The average Bonchev–Trinajstić information content (AvgIpc) is 2.71. The molecule has 2 rings (SSSR count). The summed E-state index contributed by atoms with van der Waals surface area (Å²) in [6, 6.07) is 7.13. The van der Waals surface area contributed by atoms with Crippen LogP contribution in [-0.2, 0) is 5.60 Å². The van der Waals surface area contributed by atoms with E-state index in [1.54, 1.807) is 24.3 Å². The maximum Gasteiger partial charge on any atom is 0.138 e. The number of aliphatic hydroxyl groups is 1. The van der Waals surface area contributed by atoms with Gasteiger partial charge in [-0.25, -0.2) is 0 Å². The highest BCUT2D eigenvalue weighted by molar-refractivity contribution is 6.31. The van der Waals surface area contributed by atoms with Crippen LogP contribution in [0.5, 0.6) is 0 Å². The lowest BCUT2D eigenvalue weighted by Gasteiger charge is -2.21. The minimum atomic E-state index is -1.09. The molecule has 2 aromatic rings. The number of rotatable bonds is 3. The van der Waals surface area contributed by atoms with Gasteiger partial charge in [0.2, 0.25) is 0 Å². The molecule has 0 radical (unpaired) electrons. The summed E-state index contributed by atoms with van der Waals surface area (Å²) in [5.74, 6) is 0.495. The quantitative estimate of drug-likeness (QED) is 0.866. The molecule has 3 nitrogen and oxygen atoms in total. The number of nitrogens with two attached hydrogens (primary N) is 1. The molecule has 3 N–H and O–H groups in total. The maximum absolute atomic E-state index is 10.2. The average molecular weight is 240 g/mol. The molecule has 1 atom stereocenters. The van der Waals surface area contributed by atoms with Crippen LogP contribution in [0.15, 0.2) is 28.7 Å². The molecule has 16 heavy (non-hydrogen) atoms. The van der Waals surface area contributed by atoms with E-state index in [9.17, 15) is 5.11 Å². The lowest BCUT2D eigenvalue weighted by molar-refractivity contribution is 0.0213. The van der Waals surface area contributed by atoms with Gasteiger partial charge in [-0.15, -0.1) is 0 Å². The van der Waals surface area contributed by atoms with Crippen LogP contribution in [-0.4, -0.2) is 11.7 Å². The van der Waals surface area contributed by atoms with E-state index >= 15 is 0 Å². The first-order chi connectivity index (χ1) is 7.59. The Bertz CT molecular complexity index is 503. The van der Waals surface area contributed by atoms with Crippen molar-refractivity contribution >= 4 is 22.6 Å². The summed E-state index contributed by atoms with van der Waals surface area (Å²) in [5, 5.41) is 11.7. The number of hydrogen-bond donors (Lipinski definition) is 2. The second-order valence-corrected chi connectivity index (χ2v) is 4.32. The summed E-state index contributed by atoms with van der Waals surface area (Å²) in [6.45, 7) is 2.00. The maximum atomic E-state index is 10.2. The molecule has 0 amide bonds. The molecule has 0 aliphatic heterocycles. The highest BCUT2D eigenvalue weighted by atomic mass is 35.5. The van der Waals surface area contributed by atoms with Gasteiger partial charge in [-0.05, 0) is 30.7 Å². The monoisotopic (exact) mass is 239 g/mol. The molecule has 1 aromatic carbocycles. The Balaban J connectivity index is 2.54. The van der Waals surface area contributed by atoms with Crippen molar-refractivity contribution in [2.75, 3.05) is 6.54 Å². The van der Waals surface area contributed by atoms with Crippen molar-refractivity contribution in [1.82, 2.24) is 0 Å². The van der Waals surface area contributed by atoms with E-state index in [4.69, 9.17) is 21.8 Å². The molecule has 0 bridgehead atoms. The highest BCUT2D eigenvalue weighted by Gasteiger charge is 2.29. The molecule has 1 aromatic heterocycles. The van der Waals surface area contributed by atoms with Gasteiger partial charge in [0.1, 0.15) is 16.9 Å². The second kappa shape index (κ2) is 4.09. The minimum Gasteiger partial charge on any atom is -0.458 e. The van der Waals surface area contributed by atoms with E-state index in [1.807, 2.05) is 6.92 Å². The van der Waals surface area contributed by atoms with Gasteiger partial charge in [0.25, 0.3) is 0 Å². The molecule has 0 saturated heterocycles. The lowest BCUT2D eigenvalue weighted by Crippen LogP contribution is -2.33. The molecule has 86 valence electrons. The Kier molecular flexibility index (Phi) is 2.93. The fraction of sp³-hybridized carbons (Fsp3) is 0.333. The predicted molar refractivity (Wildman–Crippen MR) is 64.5 cm³/mol. The van der Waals surface area contributed by atoms with Crippen molar-refractivity contribution in [3.8, 4) is 0 Å². The third-order valence-electron chi connectivity index (χ3n) is 2.86. The molecule has 0 fully saturated rings. The molecule has 0 aliphatic rings. The van der Waals surface area contributed by atoms with Crippen molar-refractivity contribution in [2.45, 2.75) is 18.9 Å². The van der Waals surface area contributed by atoms with Crippen molar-refractivity contribution in [3.63, 3.8) is 0 Å². The Morgan fingerprint density at radius 3 is 2.81 bits per heavy atom. The fourth-order valence-electron chi connectivity index (χ4n) is 1.66. The van der Waals surface area contributed by atoms with Gasteiger partial charge in [0, 0.05) is 17.0 Å². The van der Waals surface area contributed by atoms with E-state index in [-0.39, 0.29) is 6.54 Å². The van der Waals surface area contributed by atoms with Crippen molar-refractivity contribution in [2.24, 2.45) is 5.73 Å². The highest BCUT2D eigenvalue weighted by Crippen LogP contribution is 2.31. The van der Waals surface area contributed by atoms with Crippen LogP contribution in [0.2, 0.25) is 5.02 Å². The second-order valence-electron chi connectivity index (χ2n) is 3.88. The standard InChI is InChI=1S/C12H14ClNO2/c1-2-12(15,7-14)11-6-8-5-9(13)3-4-10(8)16-11/h3-6,15H,2,7,14H2,1H3. The molecular weight excluding hydrogens is 226 g/mol. The lowest BCUT2D eigenvalue weighted by atomic mass is 9.98. The minimum absolute atomic E-state index is 0.136. The third-order valence-corrected chi connectivity index (χ3v) is 3.09. The van der Waals surface area contributed by atoms with Crippen LogP contribution < -0.4 is 5.73 Å². The Morgan fingerprint density at radius 1 is 1.44 bits per heavy atom. The summed E-state index contributed by atoms with van der Waals surface area (Å²) in [6.07, 6.45) is 0.511. The molecule has 0 aliphatic carbocycles. The van der Waals surface area contributed by atoms with Gasteiger partial charge < -0.3 is 15.3 Å². The topological polar surface area (TPSA) is 59.4 Å². The zero-order chi connectivity index (χ0) is 11.8. The summed E-state index contributed by atoms with van der Waals surface area (Å²) < 4.78 is 5.58. The number of halogens is 1. The molecule has 0 saturated carbocycles. The van der Waals surface area contributed by atoms with Gasteiger partial charge in [-0.3, -0.25) is 0 Å². The van der Waals surface area contributed by atoms with Crippen LogP contribution in [0.1, 0.15) is 19.1 Å². The van der Waals surface area contributed by atoms with Crippen LogP contribution in [0, 0.1) is 0 Å². The molecule has 1 heterocycles. The first kappa shape index (κ1) is 11.5. The van der Waals surface area contributed by atoms with E-state index in [1.165, 1.54) is 0 Å². The van der Waals surface area contributed by atoms with Crippen molar-refractivity contribution in [3.05, 3.63) is 35.0 Å². The zero-order valence-corrected chi connectivity index (χ0v) is 9.79. The summed E-state index contributed by atoms with van der Waals surface area (Å²) in [4.78, 5) is 0. The number of fused-ring (bicyclic) bond motifs is 1. The molecule has 1 unspecified atom stereocenters. The Hall–Kier alpha value is -1.03. The molecule has 4 heteroatoms. The smallest absolute Gasteiger partial charge is 0.138 e. The normalized spacial score (nSPS) is 15.2. The summed E-state index contributed by atoms with van der Waals surface area (Å²) in [5.41, 5.74) is 5.18. The van der Waals surface area contributed by atoms with Crippen LogP contribution >= 0.6 is 11.6 Å². The molecule has 0 spiro atoms. The predicted octanol–water partition coefficient (Wildman–Crippen LogP) is 2.64. The van der Waals surface area contributed by atoms with Gasteiger partial charge in [-0.1, -0.05) is 18.5 Å². The Morgan fingerprint density at radius 2 is 2.19 bits per heavy atom. The fourth-order valence-corrected chi connectivity index (χ4v) is 1.84. The van der Waals surface area contributed by atoms with Gasteiger partial charge in [-0.2, -0.15) is 0 Å². The van der Waals surface area contributed by atoms with E-state index in [0.29, 0.717) is 22.8 Å². The van der Waals surface area contributed by atoms with Crippen molar-refractivity contribution in [1.29, 1.82) is 0 Å². The van der Waals surface area contributed by atoms with E-state index in [0.717, 1.165) is 5.39 Å². The number of benzene rings is 1. The van der Waals surface area contributed by atoms with Crippen molar-refractivity contribution < 1.29 is 9.52 Å². The van der Waals surface area contributed by atoms with Gasteiger partial charge in [0.15, 0.2) is 0 Å². The summed E-state index contributed by atoms with van der Waals surface area (Å²) >= 11 is 5.88. The first-order valence-electron chi connectivity index (χ1n) is 5.21. The number of furan rings is 1. The zero-order valence-electron chi connectivity index (χ0n) is 9.03. The SMILES string of the molecule is CCC(O)(CN)c1cc2cc(Cl)ccc2o1. The van der Waals surface area contributed by atoms with E-state index in [2.05, 4.69) is 0 Å². The first-order valence-corrected chi connectivity index (χ1v) is 5.59. The largest absolute Gasteiger partial charge is 0.458 e. The Labute approximate surface area is 98.8 Å². The van der Waals surface area contributed by atoms with Crippen LogP contribution in [0.4, 0.5) is 0 Å².